The Balaban J connectivity index is 1.89. The highest BCUT2D eigenvalue weighted by molar-refractivity contribution is 7.13. The molecule has 108 valence electrons. The average Bonchev–Trinajstić information content (AvgIpc) is 3.07. The number of carbonyl (C=O) groups is 1. The van der Waals surface area contributed by atoms with Gasteiger partial charge >= 0.3 is 0 Å². The maximum absolute atomic E-state index is 11.8. The summed E-state index contributed by atoms with van der Waals surface area (Å²) in [5.41, 5.74) is -0.160. The predicted octanol–water partition coefficient (Wildman–Crippen LogP) is 2.22. The largest absolute Gasteiger partial charge is 0.462 e. The summed E-state index contributed by atoms with van der Waals surface area (Å²) < 4.78 is 5.26. The highest BCUT2D eigenvalue weighted by Gasteiger charge is 2.18. The zero-order valence-corrected chi connectivity index (χ0v) is 12.4. The summed E-state index contributed by atoms with van der Waals surface area (Å²) in [6, 6.07) is 3.64. The zero-order valence-electron chi connectivity index (χ0n) is 11.5. The number of amides is 1. The molecule has 0 saturated heterocycles. The molecule has 1 atom stereocenters. The van der Waals surface area contributed by atoms with Crippen LogP contribution in [-0.4, -0.2) is 28.1 Å². The zero-order chi connectivity index (χ0) is 14.6. The van der Waals surface area contributed by atoms with Gasteiger partial charge in [0.25, 0.3) is 0 Å². The first-order chi connectivity index (χ1) is 9.50. The fourth-order valence-corrected chi connectivity index (χ4v) is 2.33. The van der Waals surface area contributed by atoms with E-state index in [0.29, 0.717) is 17.9 Å². The van der Waals surface area contributed by atoms with Crippen molar-refractivity contribution >= 4 is 17.2 Å². The lowest BCUT2D eigenvalue weighted by molar-refractivity contribution is -0.121. The number of aliphatic hydroxyl groups is 1. The van der Waals surface area contributed by atoms with Gasteiger partial charge < -0.3 is 14.8 Å². The topological polar surface area (TPSA) is 75.4 Å². The van der Waals surface area contributed by atoms with Gasteiger partial charge in [-0.2, -0.15) is 0 Å². The number of thiazole rings is 1. The molecule has 0 aliphatic rings. The molecular weight excluding hydrogens is 276 g/mol. The molecule has 2 rings (SSSR count). The number of carbonyl (C=O) groups excluding carboxylic acids is 1. The van der Waals surface area contributed by atoms with Gasteiger partial charge in [0.2, 0.25) is 5.91 Å². The van der Waals surface area contributed by atoms with Gasteiger partial charge in [-0.15, -0.1) is 11.3 Å². The Kier molecular flexibility index (Phi) is 4.57. The second-order valence-electron chi connectivity index (χ2n) is 4.93. The number of nitrogens with one attached hydrogen (secondary N) is 1. The molecule has 0 bridgehead atoms. The lowest BCUT2D eigenvalue weighted by atomic mass is 10.0. The fourth-order valence-electron chi connectivity index (χ4n) is 1.54. The summed E-state index contributed by atoms with van der Waals surface area (Å²) in [5, 5.41) is 15.2. The van der Waals surface area contributed by atoms with E-state index in [4.69, 9.17) is 4.42 Å². The minimum atomic E-state index is -0.864. The molecule has 0 aromatic carbocycles. The van der Waals surface area contributed by atoms with E-state index in [1.165, 1.54) is 11.3 Å². The monoisotopic (exact) mass is 294 g/mol. The van der Waals surface area contributed by atoms with Gasteiger partial charge in [0, 0.05) is 11.9 Å². The molecule has 0 spiro atoms. The van der Waals surface area contributed by atoms with Crippen molar-refractivity contribution in [1.82, 2.24) is 10.3 Å². The Morgan fingerprint density at radius 3 is 3.05 bits per heavy atom. The van der Waals surface area contributed by atoms with Crippen molar-refractivity contribution in [2.45, 2.75) is 32.3 Å². The van der Waals surface area contributed by atoms with Crippen LogP contribution in [0.4, 0.5) is 0 Å². The molecule has 6 heteroatoms. The first-order valence-electron chi connectivity index (χ1n) is 6.47. The normalized spacial score (nSPS) is 13.9. The van der Waals surface area contributed by atoms with Crippen LogP contribution >= 0.6 is 11.3 Å². The standard InChI is InChI=1S/C14H18N2O3S/c1-3-14(2,18)9-15-12(17)7-10-8-20-13(16-10)11-5-4-6-19-11/h4-6,8,18H,3,7,9H2,1-2H3,(H,15,17). The molecule has 2 aromatic heterocycles. The second kappa shape index (κ2) is 6.19. The smallest absolute Gasteiger partial charge is 0.226 e. The van der Waals surface area contributed by atoms with Gasteiger partial charge in [-0.05, 0) is 25.5 Å². The number of aromatic nitrogens is 1. The number of nitrogens with zero attached hydrogens (tertiary/aromatic N) is 1. The van der Waals surface area contributed by atoms with E-state index in [9.17, 15) is 9.90 Å². The SMILES string of the molecule is CCC(C)(O)CNC(=O)Cc1csc(-c2ccco2)n1. The maximum Gasteiger partial charge on any atom is 0.226 e. The van der Waals surface area contributed by atoms with Crippen molar-refractivity contribution in [2.24, 2.45) is 0 Å². The predicted molar refractivity (Wildman–Crippen MR) is 77.4 cm³/mol. The van der Waals surface area contributed by atoms with Gasteiger partial charge in [-0.1, -0.05) is 6.92 Å². The van der Waals surface area contributed by atoms with Crippen LogP contribution in [0.25, 0.3) is 10.8 Å². The van der Waals surface area contributed by atoms with Crippen molar-refractivity contribution in [3.05, 3.63) is 29.5 Å². The summed E-state index contributed by atoms with van der Waals surface area (Å²) in [7, 11) is 0. The minimum Gasteiger partial charge on any atom is -0.462 e. The molecule has 1 unspecified atom stereocenters. The van der Waals surface area contributed by atoms with Crippen LogP contribution in [0.3, 0.4) is 0 Å². The van der Waals surface area contributed by atoms with Gasteiger partial charge in [0.15, 0.2) is 10.8 Å². The third-order valence-corrected chi connectivity index (χ3v) is 3.96. The van der Waals surface area contributed by atoms with E-state index in [-0.39, 0.29) is 18.9 Å². The van der Waals surface area contributed by atoms with Gasteiger partial charge in [-0.25, -0.2) is 4.98 Å². The number of hydrogen-bond donors (Lipinski definition) is 2. The van der Waals surface area contributed by atoms with Crippen LogP contribution in [0.15, 0.2) is 28.2 Å². The van der Waals surface area contributed by atoms with Crippen LogP contribution in [0.1, 0.15) is 26.0 Å². The first-order valence-corrected chi connectivity index (χ1v) is 7.35. The van der Waals surface area contributed by atoms with Crippen molar-refractivity contribution in [3.63, 3.8) is 0 Å². The van der Waals surface area contributed by atoms with E-state index in [0.717, 1.165) is 5.01 Å². The van der Waals surface area contributed by atoms with Gasteiger partial charge in [0.05, 0.1) is 24.0 Å². The van der Waals surface area contributed by atoms with Crippen LogP contribution < -0.4 is 5.32 Å². The lowest BCUT2D eigenvalue weighted by Crippen LogP contribution is -2.40. The Hall–Kier alpha value is -1.66. The maximum atomic E-state index is 11.8. The van der Waals surface area contributed by atoms with Crippen LogP contribution in [0.5, 0.6) is 0 Å². The summed E-state index contributed by atoms with van der Waals surface area (Å²) in [6.07, 6.45) is 2.39. The highest BCUT2D eigenvalue weighted by atomic mass is 32.1. The van der Waals surface area contributed by atoms with Crippen molar-refractivity contribution in [1.29, 1.82) is 0 Å². The summed E-state index contributed by atoms with van der Waals surface area (Å²) >= 11 is 1.44. The van der Waals surface area contributed by atoms with Gasteiger partial charge in [0.1, 0.15) is 0 Å². The molecule has 2 heterocycles. The molecule has 0 aliphatic carbocycles. The van der Waals surface area contributed by atoms with Crippen LogP contribution in [-0.2, 0) is 11.2 Å². The van der Waals surface area contributed by atoms with Crippen molar-refractivity contribution in [3.8, 4) is 10.8 Å². The number of rotatable bonds is 6. The van der Waals surface area contributed by atoms with E-state index in [1.807, 2.05) is 18.4 Å². The average molecular weight is 294 g/mol. The number of furan rings is 1. The molecule has 2 N–H and O–H groups in total. The molecule has 1 amide bonds. The molecular formula is C14H18N2O3S. The fraction of sp³-hybridized carbons (Fsp3) is 0.429. The third kappa shape index (κ3) is 3.91. The van der Waals surface area contributed by atoms with Crippen molar-refractivity contribution < 1.29 is 14.3 Å². The molecule has 0 radical (unpaired) electrons. The quantitative estimate of drug-likeness (QED) is 0.856. The Labute approximate surface area is 121 Å². The number of hydrogen-bond acceptors (Lipinski definition) is 5. The van der Waals surface area contributed by atoms with E-state index in [1.54, 1.807) is 19.3 Å². The third-order valence-electron chi connectivity index (χ3n) is 3.05. The first kappa shape index (κ1) is 14.7. The molecule has 0 fully saturated rings. The van der Waals surface area contributed by atoms with E-state index >= 15 is 0 Å². The Bertz CT molecular complexity index is 561. The molecule has 20 heavy (non-hydrogen) atoms. The van der Waals surface area contributed by atoms with E-state index < -0.39 is 5.60 Å². The van der Waals surface area contributed by atoms with Crippen LogP contribution in [0, 0.1) is 0 Å². The highest BCUT2D eigenvalue weighted by Crippen LogP contribution is 2.24. The Morgan fingerprint density at radius 1 is 1.60 bits per heavy atom. The van der Waals surface area contributed by atoms with Crippen molar-refractivity contribution in [2.75, 3.05) is 6.54 Å². The molecule has 5 nitrogen and oxygen atoms in total. The molecule has 2 aromatic rings. The second-order valence-corrected chi connectivity index (χ2v) is 5.78. The summed E-state index contributed by atoms with van der Waals surface area (Å²) in [5.74, 6) is 0.561. The summed E-state index contributed by atoms with van der Waals surface area (Å²) in [4.78, 5) is 16.1. The summed E-state index contributed by atoms with van der Waals surface area (Å²) in [6.45, 7) is 3.82. The lowest BCUT2D eigenvalue weighted by Gasteiger charge is -2.21. The van der Waals surface area contributed by atoms with Crippen LogP contribution in [0.2, 0.25) is 0 Å². The Morgan fingerprint density at radius 2 is 2.40 bits per heavy atom. The van der Waals surface area contributed by atoms with Gasteiger partial charge in [-0.3, -0.25) is 4.79 Å². The molecule has 0 aliphatic heterocycles. The van der Waals surface area contributed by atoms with E-state index in [2.05, 4.69) is 10.3 Å². The molecule has 0 saturated carbocycles. The minimum absolute atomic E-state index is 0.144.